The second-order valence-electron chi connectivity index (χ2n) is 5.22. The Labute approximate surface area is 114 Å². The van der Waals surface area contributed by atoms with Gasteiger partial charge in [-0.1, -0.05) is 30.3 Å². The summed E-state index contributed by atoms with van der Waals surface area (Å²) in [7, 11) is 1.58. The molecule has 1 aliphatic rings. The summed E-state index contributed by atoms with van der Waals surface area (Å²) in [6.45, 7) is 1.07. The summed E-state index contributed by atoms with van der Waals surface area (Å²) in [6.07, 6.45) is 2.42. The number of methoxy groups -OCH3 is 1. The van der Waals surface area contributed by atoms with E-state index in [1.54, 1.807) is 7.11 Å². The predicted octanol–water partition coefficient (Wildman–Crippen LogP) is 1.20. The third-order valence-electron chi connectivity index (χ3n) is 3.87. The van der Waals surface area contributed by atoms with Gasteiger partial charge in [0.05, 0.1) is 12.5 Å². The molecule has 4 nitrogen and oxygen atoms in total. The van der Waals surface area contributed by atoms with Gasteiger partial charge in [-0.05, 0) is 18.4 Å². The number of hydrogen-bond donors (Lipinski definition) is 2. The van der Waals surface area contributed by atoms with Crippen LogP contribution in [0.3, 0.4) is 0 Å². The zero-order chi connectivity index (χ0) is 13.7. The van der Waals surface area contributed by atoms with Gasteiger partial charge in [-0.15, -0.1) is 0 Å². The second kappa shape index (κ2) is 6.17. The Morgan fingerprint density at radius 2 is 2.11 bits per heavy atom. The SMILES string of the molecule is COC(CN)CC(=O)NCC1(c2ccccc2)CC1. The highest BCUT2D eigenvalue weighted by Gasteiger charge is 2.44. The molecular weight excluding hydrogens is 240 g/mol. The highest BCUT2D eigenvalue weighted by Crippen LogP contribution is 2.47. The smallest absolute Gasteiger partial charge is 0.222 e. The lowest BCUT2D eigenvalue weighted by atomic mass is 9.96. The molecule has 0 saturated heterocycles. The van der Waals surface area contributed by atoms with Gasteiger partial charge in [-0.2, -0.15) is 0 Å². The van der Waals surface area contributed by atoms with Crippen LogP contribution in [0.2, 0.25) is 0 Å². The van der Waals surface area contributed by atoms with Crippen LogP contribution in [0.5, 0.6) is 0 Å². The molecule has 0 spiro atoms. The lowest BCUT2D eigenvalue weighted by Crippen LogP contribution is -2.36. The molecule has 1 unspecified atom stereocenters. The number of carbonyl (C=O) groups excluding carboxylic acids is 1. The molecule has 1 aliphatic carbocycles. The quantitative estimate of drug-likeness (QED) is 0.776. The maximum absolute atomic E-state index is 11.8. The molecule has 0 radical (unpaired) electrons. The van der Waals surface area contributed by atoms with Gasteiger partial charge in [0.1, 0.15) is 0 Å². The average molecular weight is 262 g/mol. The molecule has 4 heteroatoms. The Balaban J connectivity index is 1.84. The number of ether oxygens (including phenoxy) is 1. The molecule has 0 aliphatic heterocycles. The van der Waals surface area contributed by atoms with Gasteiger partial charge in [0.15, 0.2) is 0 Å². The van der Waals surface area contributed by atoms with E-state index in [0.717, 1.165) is 12.8 Å². The van der Waals surface area contributed by atoms with Gasteiger partial charge >= 0.3 is 0 Å². The second-order valence-corrected chi connectivity index (χ2v) is 5.22. The summed E-state index contributed by atoms with van der Waals surface area (Å²) in [5.74, 6) is 0.0134. The van der Waals surface area contributed by atoms with E-state index >= 15 is 0 Å². The van der Waals surface area contributed by atoms with Crippen molar-refractivity contribution in [2.45, 2.75) is 30.8 Å². The van der Waals surface area contributed by atoms with E-state index in [2.05, 4.69) is 17.4 Å². The Hall–Kier alpha value is -1.39. The van der Waals surface area contributed by atoms with Crippen LogP contribution in [0.4, 0.5) is 0 Å². The number of rotatable bonds is 7. The van der Waals surface area contributed by atoms with Crippen LogP contribution in [0.1, 0.15) is 24.8 Å². The molecule has 0 aromatic heterocycles. The summed E-state index contributed by atoms with van der Waals surface area (Å²) < 4.78 is 5.12. The van der Waals surface area contributed by atoms with Gasteiger partial charge in [0.25, 0.3) is 0 Å². The van der Waals surface area contributed by atoms with Crippen LogP contribution >= 0.6 is 0 Å². The first-order valence-electron chi connectivity index (χ1n) is 6.75. The fourth-order valence-corrected chi connectivity index (χ4v) is 2.32. The summed E-state index contributed by atoms with van der Waals surface area (Å²) in [4.78, 5) is 11.8. The van der Waals surface area contributed by atoms with Crippen molar-refractivity contribution in [1.29, 1.82) is 0 Å². The molecule has 1 amide bonds. The highest BCUT2D eigenvalue weighted by molar-refractivity contribution is 5.76. The first-order chi connectivity index (χ1) is 9.20. The lowest BCUT2D eigenvalue weighted by molar-refractivity contribution is -0.123. The van der Waals surface area contributed by atoms with Gasteiger partial charge < -0.3 is 15.8 Å². The molecule has 1 aromatic carbocycles. The van der Waals surface area contributed by atoms with Crippen molar-refractivity contribution in [2.75, 3.05) is 20.2 Å². The minimum Gasteiger partial charge on any atom is -0.380 e. The summed E-state index contributed by atoms with van der Waals surface area (Å²) in [5.41, 5.74) is 6.98. The van der Waals surface area contributed by atoms with Crippen molar-refractivity contribution in [3.63, 3.8) is 0 Å². The van der Waals surface area contributed by atoms with Crippen LogP contribution in [0, 0.1) is 0 Å². The maximum atomic E-state index is 11.8. The Morgan fingerprint density at radius 3 is 2.63 bits per heavy atom. The molecule has 0 bridgehead atoms. The first kappa shape index (κ1) is 14.0. The van der Waals surface area contributed by atoms with Gasteiger partial charge in [0.2, 0.25) is 5.91 Å². The highest BCUT2D eigenvalue weighted by atomic mass is 16.5. The zero-order valence-electron chi connectivity index (χ0n) is 11.4. The number of benzene rings is 1. The number of hydrogen-bond acceptors (Lipinski definition) is 3. The van der Waals surface area contributed by atoms with Crippen molar-refractivity contribution in [3.05, 3.63) is 35.9 Å². The molecule has 2 rings (SSSR count). The molecule has 1 atom stereocenters. The molecule has 1 saturated carbocycles. The normalized spacial score (nSPS) is 17.8. The van der Waals surface area contributed by atoms with E-state index in [0.29, 0.717) is 19.5 Å². The molecule has 1 fully saturated rings. The topological polar surface area (TPSA) is 64.3 Å². The van der Waals surface area contributed by atoms with Crippen LogP contribution in [-0.2, 0) is 14.9 Å². The zero-order valence-corrected chi connectivity index (χ0v) is 11.4. The van der Waals surface area contributed by atoms with E-state index < -0.39 is 0 Å². The van der Waals surface area contributed by atoms with E-state index in [1.807, 2.05) is 18.2 Å². The molecular formula is C15H22N2O2. The third-order valence-corrected chi connectivity index (χ3v) is 3.87. The van der Waals surface area contributed by atoms with E-state index in [1.165, 1.54) is 5.56 Å². The largest absolute Gasteiger partial charge is 0.380 e. The monoisotopic (exact) mass is 262 g/mol. The Bertz CT molecular complexity index is 411. The summed E-state index contributed by atoms with van der Waals surface area (Å²) in [5, 5.41) is 3.01. The summed E-state index contributed by atoms with van der Waals surface area (Å²) >= 11 is 0. The standard InChI is InChI=1S/C15H22N2O2/c1-19-13(10-16)9-14(18)17-11-15(7-8-15)12-5-3-2-4-6-12/h2-6,13H,7-11,16H2,1H3,(H,17,18). The molecule has 1 aromatic rings. The maximum Gasteiger partial charge on any atom is 0.222 e. The molecule has 3 N–H and O–H groups in total. The van der Waals surface area contributed by atoms with Crippen LogP contribution in [0.15, 0.2) is 30.3 Å². The van der Waals surface area contributed by atoms with Crippen molar-refractivity contribution in [2.24, 2.45) is 5.73 Å². The average Bonchev–Trinajstić information content (AvgIpc) is 3.25. The van der Waals surface area contributed by atoms with Crippen molar-refractivity contribution in [1.82, 2.24) is 5.32 Å². The number of nitrogens with one attached hydrogen (secondary N) is 1. The minimum atomic E-state index is -0.188. The van der Waals surface area contributed by atoms with Crippen molar-refractivity contribution in [3.8, 4) is 0 Å². The third kappa shape index (κ3) is 3.55. The predicted molar refractivity (Wildman–Crippen MR) is 74.8 cm³/mol. The van der Waals surface area contributed by atoms with Crippen LogP contribution < -0.4 is 11.1 Å². The summed E-state index contributed by atoms with van der Waals surface area (Å²) in [6, 6.07) is 10.4. The minimum absolute atomic E-state index is 0.0134. The first-order valence-corrected chi connectivity index (χ1v) is 6.75. The fourth-order valence-electron chi connectivity index (χ4n) is 2.32. The fraction of sp³-hybridized carbons (Fsp3) is 0.533. The van der Waals surface area contributed by atoms with Gasteiger partial charge in [0, 0.05) is 25.6 Å². The Morgan fingerprint density at radius 1 is 1.42 bits per heavy atom. The van der Waals surface area contributed by atoms with Crippen molar-refractivity contribution >= 4 is 5.91 Å². The van der Waals surface area contributed by atoms with Gasteiger partial charge in [-0.25, -0.2) is 0 Å². The molecule has 0 heterocycles. The van der Waals surface area contributed by atoms with Gasteiger partial charge in [-0.3, -0.25) is 4.79 Å². The van der Waals surface area contributed by atoms with Crippen LogP contribution in [0.25, 0.3) is 0 Å². The number of amides is 1. The number of nitrogens with two attached hydrogens (primary N) is 1. The molecule has 104 valence electrons. The number of carbonyl (C=O) groups is 1. The molecule has 19 heavy (non-hydrogen) atoms. The van der Waals surface area contributed by atoms with Crippen molar-refractivity contribution < 1.29 is 9.53 Å². The van der Waals surface area contributed by atoms with E-state index in [9.17, 15) is 4.79 Å². The van der Waals surface area contributed by atoms with E-state index in [4.69, 9.17) is 10.5 Å². The van der Waals surface area contributed by atoms with Crippen LogP contribution in [-0.4, -0.2) is 32.2 Å². The Kier molecular flexibility index (Phi) is 4.56. The van der Waals surface area contributed by atoms with E-state index in [-0.39, 0.29) is 17.4 Å². The lowest BCUT2D eigenvalue weighted by Gasteiger charge is -2.18.